The van der Waals surface area contributed by atoms with Gasteiger partial charge >= 0.3 is 12.1 Å². The largest absolute Gasteiger partial charge is 0.478 e. The Bertz CT molecular complexity index is 1230. The summed E-state index contributed by atoms with van der Waals surface area (Å²) in [6.45, 7) is 0.505. The lowest BCUT2D eigenvalue weighted by atomic mass is 9.98. The fourth-order valence-electron chi connectivity index (χ4n) is 4.70. The summed E-state index contributed by atoms with van der Waals surface area (Å²) in [5, 5.41) is 14.5. The van der Waals surface area contributed by atoms with E-state index in [0.717, 1.165) is 22.3 Å². The van der Waals surface area contributed by atoms with Crippen LogP contribution in [-0.4, -0.2) is 48.4 Å². The van der Waals surface area contributed by atoms with Crippen LogP contribution in [0.3, 0.4) is 0 Å². The van der Waals surface area contributed by atoms with Gasteiger partial charge in [-0.15, -0.1) is 0 Å². The van der Waals surface area contributed by atoms with Gasteiger partial charge < -0.3 is 25.2 Å². The van der Waals surface area contributed by atoms with Gasteiger partial charge in [0.15, 0.2) is 6.10 Å². The molecule has 1 heterocycles. The van der Waals surface area contributed by atoms with Gasteiger partial charge in [-0.3, -0.25) is 4.79 Å². The van der Waals surface area contributed by atoms with Crippen LogP contribution in [0.2, 0.25) is 0 Å². The van der Waals surface area contributed by atoms with Gasteiger partial charge in [0.2, 0.25) is 0 Å². The molecule has 8 heteroatoms. The first-order valence-corrected chi connectivity index (χ1v) is 11.4. The molecule has 2 aliphatic rings. The van der Waals surface area contributed by atoms with Crippen molar-refractivity contribution in [1.29, 1.82) is 0 Å². The molecule has 0 saturated carbocycles. The molecule has 0 bridgehead atoms. The van der Waals surface area contributed by atoms with E-state index in [1.165, 1.54) is 24.3 Å². The standard InChI is InChI=1S/C27H24N2O6/c30-25(28-17-11-9-16(10-12-17)26(31)32)24-23(13-14-34-24)29-27(33)35-15-22-20-7-3-1-5-18(20)19-6-2-4-8-21(19)22/h1-12,22-24H,13-15H2,(H,28,30)(H,29,33)(H,31,32). The van der Waals surface area contributed by atoms with Crippen molar-refractivity contribution in [2.45, 2.75) is 24.5 Å². The minimum Gasteiger partial charge on any atom is -0.478 e. The Morgan fingerprint density at radius 1 is 0.914 bits per heavy atom. The molecule has 5 rings (SSSR count). The summed E-state index contributed by atoms with van der Waals surface area (Å²) in [5.41, 5.74) is 5.10. The van der Waals surface area contributed by atoms with Crippen LogP contribution in [0, 0.1) is 0 Å². The first kappa shape index (κ1) is 22.6. The molecular weight excluding hydrogens is 448 g/mol. The normalized spacial score (nSPS) is 18.4. The highest BCUT2D eigenvalue weighted by molar-refractivity contribution is 5.96. The minimum atomic E-state index is -1.05. The Labute approximate surface area is 201 Å². The lowest BCUT2D eigenvalue weighted by molar-refractivity contribution is -0.125. The predicted molar refractivity (Wildman–Crippen MR) is 128 cm³/mol. The van der Waals surface area contributed by atoms with Gasteiger partial charge in [0.1, 0.15) is 6.61 Å². The van der Waals surface area contributed by atoms with Crippen molar-refractivity contribution in [1.82, 2.24) is 5.32 Å². The number of carboxylic acids is 1. The molecule has 3 aromatic carbocycles. The van der Waals surface area contributed by atoms with E-state index in [1.54, 1.807) is 0 Å². The van der Waals surface area contributed by atoms with Crippen LogP contribution in [0.25, 0.3) is 11.1 Å². The number of ether oxygens (including phenoxy) is 2. The number of aromatic carboxylic acids is 1. The summed E-state index contributed by atoms with van der Waals surface area (Å²) in [5.74, 6) is -1.52. The molecule has 1 fully saturated rings. The number of fused-ring (bicyclic) bond motifs is 3. The number of alkyl carbamates (subject to hydrolysis) is 1. The summed E-state index contributed by atoms with van der Waals surface area (Å²) in [6.07, 6.45) is -1.01. The van der Waals surface area contributed by atoms with E-state index in [2.05, 4.69) is 34.9 Å². The second-order valence-corrected chi connectivity index (χ2v) is 8.53. The molecule has 1 aliphatic carbocycles. The van der Waals surface area contributed by atoms with Crippen LogP contribution in [0.15, 0.2) is 72.8 Å². The quantitative estimate of drug-likeness (QED) is 0.499. The van der Waals surface area contributed by atoms with Crippen LogP contribution in [0.1, 0.15) is 33.8 Å². The van der Waals surface area contributed by atoms with Crippen molar-refractivity contribution < 1.29 is 29.0 Å². The number of anilines is 1. The highest BCUT2D eigenvalue weighted by atomic mass is 16.6. The maximum absolute atomic E-state index is 12.7. The number of carboxylic acid groups (broad SMARTS) is 1. The van der Waals surface area contributed by atoms with Crippen molar-refractivity contribution in [3.05, 3.63) is 89.5 Å². The number of hydrogen-bond donors (Lipinski definition) is 3. The first-order valence-electron chi connectivity index (χ1n) is 11.4. The fraction of sp³-hybridized carbons (Fsp3) is 0.222. The summed E-state index contributed by atoms with van der Waals surface area (Å²) in [6, 6.07) is 21.5. The zero-order valence-corrected chi connectivity index (χ0v) is 18.8. The van der Waals surface area contributed by atoms with E-state index < -0.39 is 30.1 Å². The van der Waals surface area contributed by atoms with E-state index >= 15 is 0 Å². The second kappa shape index (κ2) is 9.60. The molecular formula is C27H24N2O6. The monoisotopic (exact) mass is 472 g/mol. The lowest BCUT2D eigenvalue weighted by Crippen LogP contribution is -2.46. The smallest absolute Gasteiger partial charge is 0.407 e. The third kappa shape index (κ3) is 4.61. The number of nitrogens with one attached hydrogen (secondary N) is 2. The van der Waals surface area contributed by atoms with Crippen molar-refractivity contribution in [3.63, 3.8) is 0 Å². The van der Waals surface area contributed by atoms with Crippen LogP contribution >= 0.6 is 0 Å². The summed E-state index contributed by atoms with van der Waals surface area (Å²) in [7, 11) is 0. The molecule has 2 amide bonds. The molecule has 2 atom stereocenters. The number of rotatable bonds is 6. The van der Waals surface area contributed by atoms with Crippen molar-refractivity contribution in [3.8, 4) is 11.1 Å². The molecule has 0 aromatic heterocycles. The zero-order valence-electron chi connectivity index (χ0n) is 18.8. The third-order valence-electron chi connectivity index (χ3n) is 6.40. The molecule has 1 saturated heterocycles. The molecule has 3 N–H and O–H groups in total. The summed E-state index contributed by atoms with van der Waals surface area (Å²) >= 11 is 0. The highest BCUT2D eigenvalue weighted by Gasteiger charge is 2.36. The van der Waals surface area contributed by atoms with Gasteiger partial charge in [-0.25, -0.2) is 9.59 Å². The van der Waals surface area contributed by atoms with Crippen molar-refractivity contribution >= 4 is 23.7 Å². The van der Waals surface area contributed by atoms with E-state index in [4.69, 9.17) is 14.6 Å². The van der Waals surface area contributed by atoms with Crippen LogP contribution < -0.4 is 10.6 Å². The number of carbonyl (C=O) groups is 3. The molecule has 8 nitrogen and oxygen atoms in total. The van der Waals surface area contributed by atoms with E-state index in [9.17, 15) is 14.4 Å². The van der Waals surface area contributed by atoms with Crippen LogP contribution in [0.5, 0.6) is 0 Å². The molecule has 2 unspecified atom stereocenters. The minimum absolute atomic E-state index is 0.0548. The van der Waals surface area contributed by atoms with Gasteiger partial charge in [0.25, 0.3) is 5.91 Å². The van der Waals surface area contributed by atoms with Crippen LogP contribution in [0.4, 0.5) is 10.5 Å². The molecule has 35 heavy (non-hydrogen) atoms. The molecule has 178 valence electrons. The Kier molecular flexibility index (Phi) is 6.20. The molecule has 0 radical (unpaired) electrons. The molecule has 0 spiro atoms. The maximum atomic E-state index is 12.7. The van der Waals surface area contributed by atoms with Gasteiger partial charge in [-0.1, -0.05) is 48.5 Å². The lowest BCUT2D eigenvalue weighted by Gasteiger charge is -2.20. The van der Waals surface area contributed by atoms with Gasteiger partial charge in [0.05, 0.1) is 11.6 Å². The third-order valence-corrected chi connectivity index (χ3v) is 6.40. The number of amides is 2. The van der Waals surface area contributed by atoms with E-state index in [1.807, 2.05) is 24.3 Å². The Morgan fingerprint density at radius 3 is 2.17 bits per heavy atom. The predicted octanol–water partition coefficient (Wildman–Crippen LogP) is 4.02. The van der Waals surface area contributed by atoms with Crippen molar-refractivity contribution in [2.75, 3.05) is 18.5 Å². The summed E-state index contributed by atoms with van der Waals surface area (Å²) in [4.78, 5) is 36.3. The zero-order chi connectivity index (χ0) is 24.4. The van der Waals surface area contributed by atoms with Gasteiger partial charge in [-0.05, 0) is 52.9 Å². The average molecular weight is 472 g/mol. The number of carbonyl (C=O) groups excluding carboxylic acids is 2. The van der Waals surface area contributed by atoms with Gasteiger partial charge in [-0.2, -0.15) is 0 Å². The Hall–Kier alpha value is -4.17. The average Bonchev–Trinajstić information content (AvgIpc) is 3.45. The Morgan fingerprint density at radius 2 is 1.54 bits per heavy atom. The number of benzene rings is 3. The Balaban J connectivity index is 1.19. The van der Waals surface area contributed by atoms with E-state index in [0.29, 0.717) is 18.7 Å². The van der Waals surface area contributed by atoms with Gasteiger partial charge in [0, 0.05) is 18.2 Å². The number of hydrogen-bond acceptors (Lipinski definition) is 5. The second-order valence-electron chi connectivity index (χ2n) is 8.53. The SMILES string of the molecule is O=C(NC1CCOC1C(=O)Nc1ccc(C(=O)O)cc1)OCC1c2ccccc2-c2ccccc21. The van der Waals surface area contributed by atoms with Crippen molar-refractivity contribution in [2.24, 2.45) is 0 Å². The first-order chi connectivity index (χ1) is 17.0. The molecule has 3 aromatic rings. The van der Waals surface area contributed by atoms with Crippen LogP contribution in [-0.2, 0) is 14.3 Å². The topological polar surface area (TPSA) is 114 Å². The van der Waals surface area contributed by atoms with E-state index in [-0.39, 0.29) is 18.1 Å². The fourth-order valence-corrected chi connectivity index (χ4v) is 4.70. The molecule has 1 aliphatic heterocycles. The maximum Gasteiger partial charge on any atom is 0.407 e. The highest BCUT2D eigenvalue weighted by Crippen LogP contribution is 2.44. The summed E-state index contributed by atoms with van der Waals surface area (Å²) < 4.78 is 11.1.